The zero-order valence-corrected chi connectivity index (χ0v) is 15.4. The lowest BCUT2D eigenvalue weighted by Gasteiger charge is -2.36. The Labute approximate surface area is 155 Å². The molecule has 136 valence electrons. The van der Waals surface area contributed by atoms with Gasteiger partial charge in [-0.3, -0.25) is 4.99 Å². The fraction of sp³-hybridized carbons (Fsp3) is 0.615. The number of hydrogen-bond donors (Lipinski definition) is 2. The number of rotatable bonds is 3. The van der Waals surface area contributed by atoms with E-state index in [0.29, 0.717) is 38.1 Å². The van der Waals surface area contributed by atoms with Crippen molar-refractivity contribution in [3.8, 4) is 0 Å². The first-order valence-electron chi connectivity index (χ1n) is 7.14. The molecule has 11 heteroatoms. The Morgan fingerprint density at radius 2 is 1.88 bits per heavy atom. The Kier molecular flexibility index (Phi) is 7.93. The lowest BCUT2D eigenvalue weighted by molar-refractivity contribution is -0.201. The molecule has 24 heavy (non-hydrogen) atoms. The monoisotopic (exact) mass is 460 g/mol. The van der Waals surface area contributed by atoms with Crippen LogP contribution >= 0.6 is 24.0 Å². The molecule has 0 amide bonds. The summed E-state index contributed by atoms with van der Waals surface area (Å²) in [5.74, 6) is 0.963. The van der Waals surface area contributed by atoms with E-state index in [2.05, 4.69) is 20.3 Å². The second-order valence-corrected chi connectivity index (χ2v) is 5.01. The summed E-state index contributed by atoms with van der Waals surface area (Å²) in [4.78, 5) is 16.1. The van der Waals surface area contributed by atoms with Gasteiger partial charge < -0.3 is 20.2 Å². The highest BCUT2D eigenvalue weighted by molar-refractivity contribution is 14.0. The Hall–Kier alpha value is -1.37. The second-order valence-electron chi connectivity index (χ2n) is 5.01. The van der Waals surface area contributed by atoms with E-state index in [0.717, 1.165) is 0 Å². The smallest absolute Gasteiger partial charge is 0.382 e. The quantitative estimate of drug-likeness (QED) is 0.394. The number of aliphatic hydroxyl groups is 1. The molecule has 1 aliphatic heterocycles. The predicted octanol–water partition coefficient (Wildman–Crippen LogP) is 0.715. The van der Waals surface area contributed by atoms with Crippen molar-refractivity contribution >= 4 is 35.9 Å². The molecule has 1 saturated heterocycles. The van der Waals surface area contributed by atoms with Crippen LogP contribution in [0.5, 0.6) is 0 Å². The van der Waals surface area contributed by atoms with Crippen molar-refractivity contribution in [3.63, 3.8) is 0 Å². The average Bonchev–Trinajstić information content (AvgIpc) is 2.55. The molecule has 1 unspecified atom stereocenters. The zero-order valence-electron chi connectivity index (χ0n) is 13.1. The molecule has 1 aromatic rings. The fourth-order valence-corrected chi connectivity index (χ4v) is 2.21. The van der Waals surface area contributed by atoms with Gasteiger partial charge in [-0.1, -0.05) is 0 Å². The predicted molar refractivity (Wildman–Crippen MR) is 94.7 cm³/mol. The minimum atomic E-state index is -4.64. The van der Waals surface area contributed by atoms with E-state index in [1.807, 2.05) is 9.80 Å². The van der Waals surface area contributed by atoms with Crippen LogP contribution in [-0.4, -0.2) is 78.0 Å². The van der Waals surface area contributed by atoms with E-state index in [1.54, 1.807) is 18.5 Å². The van der Waals surface area contributed by atoms with Crippen LogP contribution in [0.4, 0.5) is 19.1 Å². The lowest BCUT2D eigenvalue weighted by atomic mass is 10.3. The summed E-state index contributed by atoms with van der Waals surface area (Å²) in [7, 11) is 1.50. The molecular formula is C13H20F3IN6O. The third kappa shape index (κ3) is 5.61. The summed E-state index contributed by atoms with van der Waals surface area (Å²) in [6.07, 6.45) is -3.74. The molecule has 1 aliphatic rings. The van der Waals surface area contributed by atoms with Crippen LogP contribution in [0.1, 0.15) is 0 Å². The van der Waals surface area contributed by atoms with Gasteiger partial charge in [0.25, 0.3) is 0 Å². The standard InChI is InChI=1S/C13H19F3N6O.HI/c1-17-11(20-9-10(23)13(14,15)16)21-5-7-22(8-6-21)12-18-3-2-4-19-12;/h2-4,10,23H,5-9H2,1H3,(H,17,20);1H. The number of nitrogens with one attached hydrogen (secondary N) is 1. The molecule has 2 heterocycles. The second kappa shape index (κ2) is 9.20. The third-order valence-corrected chi connectivity index (χ3v) is 3.46. The molecule has 1 fully saturated rings. The minimum absolute atomic E-state index is 0. The number of guanidine groups is 1. The number of hydrogen-bond acceptors (Lipinski definition) is 5. The van der Waals surface area contributed by atoms with Gasteiger partial charge in [0.2, 0.25) is 5.95 Å². The fourth-order valence-electron chi connectivity index (χ4n) is 2.21. The van der Waals surface area contributed by atoms with Crippen LogP contribution in [0, 0.1) is 0 Å². The Bertz CT molecular complexity index is 522. The highest BCUT2D eigenvalue weighted by Gasteiger charge is 2.38. The maximum absolute atomic E-state index is 12.3. The van der Waals surface area contributed by atoms with Crippen molar-refractivity contribution < 1.29 is 18.3 Å². The molecule has 1 atom stereocenters. The summed E-state index contributed by atoms with van der Waals surface area (Å²) in [5, 5.41) is 11.6. The molecule has 0 spiro atoms. The number of anilines is 1. The van der Waals surface area contributed by atoms with Crippen molar-refractivity contribution in [3.05, 3.63) is 18.5 Å². The number of aliphatic imine (C=N–C) groups is 1. The number of piperazine rings is 1. The molecule has 0 aliphatic carbocycles. The Morgan fingerprint density at radius 3 is 2.38 bits per heavy atom. The third-order valence-electron chi connectivity index (χ3n) is 3.46. The van der Waals surface area contributed by atoms with Gasteiger partial charge in [-0.2, -0.15) is 13.2 Å². The van der Waals surface area contributed by atoms with Gasteiger partial charge in [0.1, 0.15) is 0 Å². The first kappa shape index (κ1) is 20.7. The highest BCUT2D eigenvalue weighted by Crippen LogP contribution is 2.19. The number of halogens is 4. The average molecular weight is 460 g/mol. The summed E-state index contributed by atoms with van der Waals surface area (Å²) in [6, 6.07) is 1.73. The summed E-state index contributed by atoms with van der Waals surface area (Å²) in [5.41, 5.74) is 0. The van der Waals surface area contributed by atoms with Gasteiger partial charge in [0.05, 0.1) is 6.54 Å². The van der Waals surface area contributed by atoms with Gasteiger partial charge >= 0.3 is 6.18 Å². The topological polar surface area (TPSA) is 76.9 Å². The number of alkyl halides is 3. The summed E-state index contributed by atoms with van der Waals surface area (Å²) >= 11 is 0. The number of aliphatic hydroxyl groups excluding tert-OH is 1. The summed E-state index contributed by atoms with van der Waals surface area (Å²) in [6.45, 7) is 1.78. The van der Waals surface area contributed by atoms with Crippen LogP contribution in [0.3, 0.4) is 0 Å². The molecule has 2 rings (SSSR count). The van der Waals surface area contributed by atoms with E-state index in [-0.39, 0.29) is 24.0 Å². The molecule has 0 bridgehead atoms. The van der Waals surface area contributed by atoms with Crippen molar-refractivity contribution in [1.82, 2.24) is 20.2 Å². The van der Waals surface area contributed by atoms with Crippen LogP contribution in [-0.2, 0) is 0 Å². The molecular weight excluding hydrogens is 440 g/mol. The molecule has 0 radical (unpaired) electrons. The normalized spacial score (nSPS) is 17.3. The van der Waals surface area contributed by atoms with E-state index in [1.165, 1.54) is 7.05 Å². The van der Waals surface area contributed by atoms with E-state index in [4.69, 9.17) is 5.11 Å². The van der Waals surface area contributed by atoms with Gasteiger partial charge in [-0.25, -0.2) is 9.97 Å². The van der Waals surface area contributed by atoms with Gasteiger partial charge in [0, 0.05) is 45.6 Å². The minimum Gasteiger partial charge on any atom is -0.382 e. The van der Waals surface area contributed by atoms with Crippen molar-refractivity contribution in [1.29, 1.82) is 0 Å². The molecule has 2 N–H and O–H groups in total. The number of aromatic nitrogens is 2. The number of nitrogens with zero attached hydrogens (tertiary/aromatic N) is 5. The SMILES string of the molecule is CN=C(NCC(O)C(F)(F)F)N1CCN(c2ncccn2)CC1.I. The van der Waals surface area contributed by atoms with Crippen LogP contribution < -0.4 is 10.2 Å². The van der Waals surface area contributed by atoms with Crippen LogP contribution in [0.25, 0.3) is 0 Å². The largest absolute Gasteiger partial charge is 0.416 e. The van der Waals surface area contributed by atoms with E-state index < -0.39 is 18.8 Å². The van der Waals surface area contributed by atoms with Crippen molar-refractivity contribution in [2.75, 3.05) is 44.7 Å². The first-order chi connectivity index (χ1) is 10.9. The first-order valence-corrected chi connectivity index (χ1v) is 7.14. The molecule has 7 nitrogen and oxygen atoms in total. The van der Waals surface area contributed by atoms with Gasteiger partial charge in [0.15, 0.2) is 12.1 Å². The molecule has 1 aromatic heterocycles. The van der Waals surface area contributed by atoms with E-state index in [9.17, 15) is 13.2 Å². The van der Waals surface area contributed by atoms with Gasteiger partial charge in [-0.05, 0) is 6.07 Å². The zero-order chi connectivity index (χ0) is 16.9. The Morgan fingerprint density at radius 1 is 1.29 bits per heavy atom. The highest BCUT2D eigenvalue weighted by atomic mass is 127. The lowest BCUT2D eigenvalue weighted by Crippen LogP contribution is -2.54. The van der Waals surface area contributed by atoms with Gasteiger partial charge in [-0.15, -0.1) is 24.0 Å². The van der Waals surface area contributed by atoms with Crippen molar-refractivity contribution in [2.45, 2.75) is 12.3 Å². The van der Waals surface area contributed by atoms with Crippen LogP contribution in [0.15, 0.2) is 23.5 Å². The summed E-state index contributed by atoms with van der Waals surface area (Å²) < 4.78 is 37.0. The van der Waals surface area contributed by atoms with Crippen LogP contribution in [0.2, 0.25) is 0 Å². The molecule has 0 saturated carbocycles. The maximum atomic E-state index is 12.3. The van der Waals surface area contributed by atoms with Crippen molar-refractivity contribution in [2.24, 2.45) is 4.99 Å². The maximum Gasteiger partial charge on any atom is 0.416 e. The Balaban J connectivity index is 0.00000288. The molecule has 0 aromatic carbocycles. The van der Waals surface area contributed by atoms with E-state index >= 15 is 0 Å².